The zero-order chi connectivity index (χ0) is 12.2. The van der Waals surface area contributed by atoms with Crippen LogP contribution in [0.15, 0.2) is 0 Å². The molecular formula is C8H17NO6. The normalized spacial score (nSPS) is 21.5. The average Bonchev–Trinajstić information content (AvgIpc) is 2.24. The van der Waals surface area contributed by atoms with Crippen molar-refractivity contribution in [1.82, 2.24) is 0 Å². The second-order valence-electron chi connectivity index (χ2n) is 3.29. The molecule has 0 saturated heterocycles. The molecule has 0 radical (unpaired) electrons. The molecule has 0 aliphatic rings. The van der Waals surface area contributed by atoms with Gasteiger partial charge >= 0.3 is 0 Å². The van der Waals surface area contributed by atoms with E-state index in [4.69, 9.17) is 15.9 Å². The van der Waals surface area contributed by atoms with Crippen molar-refractivity contribution in [3.05, 3.63) is 0 Å². The first-order valence-electron chi connectivity index (χ1n) is 4.48. The Morgan fingerprint density at radius 1 is 1.40 bits per heavy atom. The predicted molar refractivity (Wildman–Crippen MR) is 49.5 cm³/mol. The Bertz CT molecular complexity index is 219. The SMILES string of the molecule is CCC(=O)[C@@](N)(O)C(O)C(O)C(O)CO. The Balaban J connectivity index is 4.67. The van der Waals surface area contributed by atoms with Crippen LogP contribution >= 0.6 is 0 Å². The quantitative estimate of drug-likeness (QED) is 0.258. The van der Waals surface area contributed by atoms with Crippen molar-refractivity contribution in [3.63, 3.8) is 0 Å². The van der Waals surface area contributed by atoms with Gasteiger partial charge in [-0.05, 0) is 0 Å². The van der Waals surface area contributed by atoms with Gasteiger partial charge in [0.15, 0.2) is 5.78 Å². The highest BCUT2D eigenvalue weighted by atomic mass is 16.4. The van der Waals surface area contributed by atoms with Crippen molar-refractivity contribution in [2.45, 2.75) is 37.4 Å². The van der Waals surface area contributed by atoms with Gasteiger partial charge in [-0.1, -0.05) is 6.92 Å². The molecule has 0 aromatic carbocycles. The van der Waals surface area contributed by atoms with E-state index in [1.807, 2.05) is 0 Å². The third kappa shape index (κ3) is 3.20. The molecule has 0 aliphatic carbocycles. The van der Waals surface area contributed by atoms with Gasteiger partial charge in [-0.3, -0.25) is 10.5 Å². The van der Waals surface area contributed by atoms with Crippen LogP contribution in [0.1, 0.15) is 13.3 Å². The fraction of sp³-hybridized carbons (Fsp3) is 0.875. The third-order valence-electron chi connectivity index (χ3n) is 2.12. The van der Waals surface area contributed by atoms with E-state index in [-0.39, 0.29) is 6.42 Å². The minimum absolute atomic E-state index is 0.133. The van der Waals surface area contributed by atoms with Crippen molar-refractivity contribution >= 4 is 5.78 Å². The van der Waals surface area contributed by atoms with Gasteiger partial charge in [0.1, 0.15) is 18.3 Å². The van der Waals surface area contributed by atoms with Crippen molar-refractivity contribution in [2.24, 2.45) is 5.73 Å². The first-order valence-corrected chi connectivity index (χ1v) is 4.48. The molecule has 7 nitrogen and oxygen atoms in total. The van der Waals surface area contributed by atoms with E-state index in [0.717, 1.165) is 0 Å². The van der Waals surface area contributed by atoms with Gasteiger partial charge in [0.2, 0.25) is 5.72 Å². The molecule has 0 spiro atoms. The Hall–Kier alpha value is -0.570. The minimum atomic E-state index is -2.63. The highest BCUT2D eigenvalue weighted by Crippen LogP contribution is 2.13. The number of hydrogen-bond donors (Lipinski definition) is 6. The van der Waals surface area contributed by atoms with E-state index in [0.29, 0.717) is 0 Å². The summed E-state index contributed by atoms with van der Waals surface area (Å²) in [5, 5.41) is 45.4. The molecule has 0 amide bonds. The van der Waals surface area contributed by atoms with Crippen molar-refractivity contribution in [2.75, 3.05) is 6.61 Å². The number of ketones is 1. The van der Waals surface area contributed by atoms with Gasteiger partial charge < -0.3 is 25.5 Å². The van der Waals surface area contributed by atoms with Crippen LogP contribution in [0.2, 0.25) is 0 Å². The summed E-state index contributed by atoms with van der Waals surface area (Å²) in [5.74, 6) is -0.876. The molecular weight excluding hydrogens is 206 g/mol. The average molecular weight is 223 g/mol. The summed E-state index contributed by atoms with van der Waals surface area (Å²) < 4.78 is 0. The predicted octanol–water partition coefficient (Wildman–Crippen LogP) is -3.31. The Kier molecular flexibility index (Phi) is 5.29. The third-order valence-corrected chi connectivity index (χ3v) is 2.12. The fourth-order valence-electron chi connectivity index (χ4n) is 1.03. The maximum absolute atomic E-state index is 11.1. The number of aliphatic hydroxyl groups excluding tert-OH is 4. The molecule has 3 unspecified atom stereocenters. The lowest BCUT2D eigenvalue weighted by atomic mass is 9.94. The molecule has 0 bridgehead atoms. The second-order valence-corrected chi connectivity index (χ2v) is 3.29. The first kappa shape index (κ1) is 14.4. The van der Waals surface area contributed by atoms with E-state index >= 15 is 0 Å². The Labute approximate surface area is 86.8 Å². The molecule has 90 valence electrons. The molecule has 0 fully saturated rings. The van der Waals surface area contributed by atoms with E-state index in [1.165, 1.54) is 6.92 Å². The minimum Gasteiger partial charge on any atom is -0.394 e. The molecule has 0 saturated carbocycles. The molecule has 0 aromatic rings. The van der Waals surface area contributed by atoms with Crippen LogP contribution < -0.4 is 5.73 Å². The first-order chi connectivity index (χ1) is 6.78. The summed E-state index contributed by atoms with van der Waals surface area (Å²) in [6.07, 6.45) is -5.78. The lowest BCUT2D eigenvalue weighted by molar-refractivity contribution is -0.173. The molecule has 0 aliphatic heterocycles. The Morgan fingerprint density at radius 3 is 2.20 bits per heavy atom. The van der Waals surface area contributed by atoms with Gasteiger partial charge in [0.25, 0.3) is 0 Å². The summed E-state index contributed by atoms with van der Waals surface area (Å²) in [7, 11) is 0. The molecule has 0 rings (SSSR count). The smallest absolute Gasteiger partial charge is 0.202 e. The van der Waals surface area contributed by atoms with E-state index < -0.39 is 36.4 Å². The number of nitrogens with two attached hydrogens (primary N) is 1. The van der Waals surface area contributed by atoms with Crippen molar-refractivity contribution in [1.29, 1.82) is 0 Å². The van der Waals surface area contributed by atoms with Crippen LogP contribution in [0.4, 0.5) is 0 Å². The summed E-state index contributed by atoms with van der Waals surface area (Å²) in [4.78, 5) is 11.1. The molecule has 4 atom stereocenters. The van der Waals surface area contributed by atoms with Crippen LogP contribution in [0.3, 0.4) is 0 Å². The van der Waals surface area contributed by atoms with Crippen LogP contribution in [-0.2, 0) is 4.79 Å². The summed E-state index contributed by atoms with van der Waals surface area (Å²) in [6.45, 7) is 0.594. The van der Waals surface area contributed by atoms with Crippen LogP contribution in [-0.4, -0.2) is 62.0 Å². The topological polar surface area (TPSA) is 144 Å². The van der Waals surface area contributed by atoms with Gasteiger partial charge in [-0.25, -0.2) is 0 Å². The zero-order valence-electron chi connectivity index (χ0n) is 8.37. The summed E-state index contributed by atoms with van der Waals surface area (Å²) in [5.41, 5.74) is 2.48. The molecule has 0 heterocycles. The molecule has 7 N–H and O–H groups in total. The number of carbonyl (C=O) groups excluding carboxylic acids is 1. The maximum atomic E-state index is 11.1. The van der Waals surface area contributed by atoms with E-state index in [9.17, 15) is 20.1 Å². The lowest BCUT2D eigenvalue weighted by Gasteiger charge is -2.31. The van der Waals surface area contributed by atoms with Gasteiger partial charge in [-0.15, -0.1) is 0 Å². The number of rotatable bonds is 6. The molecule has 0 aromatic heterocycles. The van der Waals surface area contributed by atoms with Gasteiger partial charge in [0.05, 0.1) is 6.61 Å². The highest BCUT2D eigenvalue weighted by Gasteiger charge is 2.44. The highest BCUT2D eigenvalue weighted by molar-refractivity contribution is 5.86. The molecule has 15 heavy (non-hydrogen) atoms. The van der Waals surface area contributed by atoms with Crippen LogP contribution in [0.5, 0.6) is 0 Å². The van der Waals surface area contributed by atoms with Crippen LogP contribution in [0.25, 0.3) is 0 Å². The Morgan fingerprint density at radius 2 is 1.87 bits per heavy atom. The zero-order valence-corrected chi connectivity index (χ0v) is 8.37. The van der Waals surface area contributed by atoms with E-state index in [2.05, 4.69) is 0 Å². The van der Waals surface area contributed by atoms with Gasteiger partial charge in [-0.2, -0.15) is 0 Å². The van der Waals surface area contributed by atoms with Crippen LogP contribution in [0, 0.1) is 0 Å². The number of carbonyl (C=O) groups is 1. The summed E-state index contributed by atoms with van der Waals surface area (Å²) >= 11 is 0. The summed E-state index contributed by atoms with van der Waals surface area (Å²) in [6, 6.07) is 0. The maximum Gasteiger partial charge on any atom is 0.202 e. The number of hydrogen-bond acceptors (Lipinski definition) is 7. The van der Waals surface area contributed by atoms with E-state index in [1.54, 1.807) is 0 Å². The van der Waals surface area contributed by atoms with Gasteiger partial charge in [0, 0.05) is 6.42 Å². The largest absolute Gasteiger partial charge is 0.394 e. The lowest BCUT2D eigenvalue weighted by Crippen LogP contribution is -2.63. The standard InChI is InChI=1S/C8H17NO6/c1-2-5(12)8(9,15)7(14)6(13)4(11)3-10/h4,6-7,10-11,13-15H,2-3,9H2,1H3/t4?,6?,7?,8-/m1/s1. The second kappa shape index (κ2) is 5.50. The number of Topliss-reactive ketones (excluding diaryl/α,β-unsaturated/α-hetero) is 1. The molecule has 7 heteroatoms. The number of aliphatic hydroxyl groups is 5. The monoisotopic (exact) mass is 223 g/mol. The van der Waals surface area contributed by atoms with Crippen molar-refractivity contribution < 1.29 is 30.3 Å². The fourth-order valence-corrected chi connectivity index (χ4v) is 1.03. The van der Waals surface area contributed by atoms with Crippen molar-refractivity contribution in [3.8, 4) is 0 Å².